The topological polar surface area (TPSA) is 115 Å². The highest BCUT2D eigenvalue weighted by atomic mass is 16.5. The van der Waals surface area contributed by atoms with Crippen molar-refractivity contribution in [2.75, 3.05) is 11.1 Å². The number of para-hydroxylation sites is 3. The van der Waals surface area contributed by atoms with Gasteiger partial charge in [0.2, 0.25) is 0 Å². The Balaban J connectivity index is 1.85. The van der Waals surface area contributed by atoms with Gasteiger partial charge in [-0.05, 0) is 24.3 Å². The van der Waals surface area contributed by atoms with Crippen LogP contribution in [-0.2, 0) is 9.59 Å². The van der Waals surface area contributed by atoms with Gasteiger partial charge in [-0.15, -0.1) is 0 Å². The Morgan fingerprint density at radius 3 is 2.67 bits per heavy atom. The molecule has 3 aromatic rings. The first-order chi connectivity index (χ1) is 11.6. The van der Waals surface area contributed by atoms with Gasteiger partial charge in [-0.1, -0.05) is 24.3 Å². The number of carbonyl (C=O) groups is 2. The van der Waals surface area contributed by atoms with Gasteiger partial charge >= 0.3 is 5.97 Å². The van der Waals surface area contributed by atoms with Crippen LogP contribution in [0.5, 0.6) is 5.75 Å². The Bertz CT molecular complexity index is 903. The molecule has 0 spiro atoms. The number of carboxylic acids is 1. The highest BCUT2D eigenvalue weighted by molar-refractivity contribution is 6.08. The Morgan fingerprint density at radius 1 is 1.12 bits per heavy atom. The monoisotopic (exact) mass is 326 g/mol. The summed E-state index contributed by atoms with van der Waals surface area (Å²) in [5.74, 6) is -2.10. The van der Waals surface area contributed by atoms with Crippen molar-refractivity contribution in [1.29, 1.82) is 0 Å². The van der Waals surface area contributed by atoms with Crippen molar-refractivity contribution in [3.63, 3.8) is 0 Å². The van der Waals surface area contributed by atoms with Gasteiger partial charge in [0.1, 0.15) is 0 Å². The second kappa shape index (κ2) is 6.33. The number of fused-ring (bicyclic) bond motifs is 1. The first-order valence-corrected chi connectivity index (χ1v) is 7.07. The fourth-order valence-corrected chi connectivity index (χ4v) is 2.21. The van der Waals surface area contributed by atoms with Crippen LogP contribution in [0.2, 0.25) is 0 Å². The summed E-state index contributed by atoms with van der Waals surface area (Å²) in [6, 6.07) is 13.2. The normalized spacial score (nSPS) is 11.8. The van der Waals surface area contributed by atoms with Crippen LogP contribution in [0.1, 0.15) is 0 Å². The molecule has 4 N–H and O–H groups in total. The van der Waals surface area contributed by atoms with Crippen LogP contribution >= 0.6 is 0 Å². The molecule has 122 valence electrons. The average molecular weight is 326 g/mol. The van der Waals surface area contributed by atoms with Crippen LogP contribution in [0.4, 0.5) is 11.4 Å². The summed E-state index contributed by atoms with van der Waals surface area (Å²) in [5, 5.41) is 12.5. The van der Waals surface area contributed by atoms with Gasteiger partial charge < -0.3 is 25.3 Å². The van der Waals surface area contributed by atoms with Gasteiger partial charge in [0.05, 0.1) is 17.6 Å². The van der Waals surface area contributed by atoms with E-state index in [0.29, 0.717) is 17.0 Å². The highest BCUT2D eigenvalue weighted by Crippen LogP contribution is 2.27. The van der Waals surface area contributed by atoms with E-state index in [1.807, 2.05) is 0 Å². The number of rotatable bonds is 5. The molecule has 0 fully saturated rings. The third kappa shape index (κ3) is 3.00. The molecular weight excluding hydrogens is 312 g/mol. The molecule has 3 rings (SSSR count). The van der Waals surface area contributed by atoms with E-state index in [2.05, 4.69) is 5.32 Å². The largest absolute Gasteiger partial charge is 0.478 e. The molecule has 1 atom stereocenters. The molecule has 7 nitrogen and oxygen atoms in total. The summed E-state index contributed by atoms with van der Waals surface area (Å²) >= 11 is 0. The van der Waals surface area contributed by atoms with E-state index in [1.54, 1.807) is 42.5 Å². The van der Waals surface area contributed by atoms with Crippen molar-refractivity contribution in [1.82, 2.24) is 0 Å². The van der Waals surface area contributed by atoms with Crippen molar-refractivity contribution in [3.8, 4) is 5.75 Å². The number of hydrogen-bond acceptors (Lipinski definition) is 5. The van der Waals surface area contributed by atoms with Crippen molar-refractivity contribution in [3.05, 3.63) is 54.8 Å². The molecule has 0 bridgehead atoms. The summed E-state index contributed by atoms with van der Waals surface area (Å²) in [4.78, 5) is 23.7. The summed E-state index contributed by atoms with van der Waals surface area (Å²) < 4.78 is 10.7. The standard InChI is InChI=1S/C17H14N2O5/c18-11-5-1-2-6-12(11)19-16(20)15(17(21)22)24-13-7-3-4-10-8-9-23-14(10)13/h1-9,15H,18H2,(H,19,20)(H,21,22). The minimum Gasteiger partial charge on any atom is -0.478 e. The Morgan fingerprint density at radius 2 is 1.92 bits per heavy atom. The lowest BCUT2D eigenvalue weighted by Gasteiger charge is -2.16. The van der Waals surface area contributed by atoms with Crippen LogP contribution in [0.25, 0.3) is 11.0 Å². The Labute approximate surface area is 136 Å². The number of aliphatic carboxylic acids is 1. The number of furan rings is 1. The predicted molar refractivity (Wildman–Crippen MR) is 87.7 cm³/mol. The quantitative estimate of drug-likeness (QED) is 0.490. The lowest BCUT2D eigenvalue weighted by atomic mass is 10.2. The fourth-order valence-electron chi connectivity index (χ4n) is 2.21. The van der Waals surface area contributed by atoms with Gasteiger partial charge in [0, 0.05) is 5.39 Å². The maximum atomic E-state index is 12.3. The molecule has 1 amide bonds. The molecule has 7 heteroatoms. The zero-order chi connectivity index (χ0) is 17.1. The van der Waals surface area contributed by atoms with Gasteiger partial charge in [-0.25, -0.2) is 4.79 Å². The molecule has 0 aliphatic rings. The second-order valence-corrected chi connectivity index (χ2v) is 5.01. The molecule has 24 heavy (non-hydrogen) atoms. The molecule has 0 aliphatic heterocycles. The number of anilines is 2. The number of carbonyl (C=O) groups excluding carboxylic acids is 1. The zero-order valence-electron chi connectivity index (χ0n) is 12.4. The Hall–Kier alpha value is -3.48. The number of nitrogens with one attached hydrogen (secondary N) is 1. The smallest absolute Gasteiger partial charge is 0.354 e. The van der Waals surface area contributed by atoms with Gasteiger partial charge in [-0.2, -0.15) is 0 Å². The maximum Gasteiger partial charge on any atom is 0.354 e. The van der Waals surface area contributed by atoms with Gasteiger partial charge in [-0.3, -0.25) is 4.79 Å². The van der Waals surface area contributed by atoms with E-state index in [4.69, 9.17) is 14.9 Å². The van der Waals surface area contributed by atoms with Crippen LogP contribution in [0.3, 0.4) is 0 Å². The van der Waals surface area contributed by atoms with E-state index in [-0.39, 0.29) is 5.75 Å². The first kappa shape index (κ1) is 15.4. The molecule has 2 aromatic carbocycles. The molecule has 1 heterocycles. The molecule has 0 saturated carbocycles. The van der Waals surface area contributed by atoms with Crippen LogP contribution < -0.4 is 15.8 Å². The first-order valence-electron chi connectivity index (χ1n) is 7.07. The number of hydrogen-bond donors (Lipinski definition) is 3. The van der Waals surface area contributed by atoms with Crippen LogP contribution in [-0.4, -0.2) is 23.1 Å². The molecule has 1 aromatic heterocycles. The number of benzene rings is 2. The van der Waals surface area contributed by atoms with E-state index < -0.39 is 18.0 Å². The second-order valence-electron chi connectivity index (χ2n) is 5.01. The molecule has 1 unspecified atom stereocenters. The maximum absolute atomic E-state index is 12.3. The van der Waals surface area contributed by atoms with Crippen molar-refractivity contribution in [2.24, 2.45) is 0 Å². The predicted octanol–water partition coefficient (Wildman–Crippen LogP) is 2.49. The van der Waals surface area contributed by atoms with E-state index >= 15 is 0 Å². The van der Waals surface area contributed by atoms with E-state index in [9.17, 15) is 14.7 Å². The number of carboxylic acid groups (broad SMARTS) is 1. The highest BCUT2D eigenvalue weighted by Gasteiger charge is 2.30. The number of amides is 1. The number of nitrogens with two attached hydrogens (primary N) is 1. The summed E-state index contributed by atoms with van der Waals surface area (Å²) in [5.41, 5.74) is 6.75. The minimum atomic E-state index is -1.75. The summed E-state index contributed by atoms with van der Waals surface area (Å²) in [6.45, 7) is 0. The average Bonchev–Trinajstić information content (AvgIpc) is 3.03. The third-order valence-electron chi connectivity index (χ3n) is 3.37. The SMILES string of the molecule is Nc1ccccc1NC(=O)C(Oc1cccc2ccoc12)C(=O)O. The summed E-state index contributed by atoms with van der Waals surface area (Å²) in [7, 11) is 0. The van der Waals surface area contributed by atoms with Gasteiger partial charge in [0.15, 0.2) is 11.3 Å². The molecule has 0 saturated heterocycles. The van der Waals surface area contributed by atoms with Crippen molar-refractivity contribution in [2.45, 2.75) is 6.10 Å². The van der Waals surface area contributed by atoms with Crippen LogP contribution in [0.15, 0.2) is 59.2 Å². The lowest BCUT2D eigenvalue weighted by Crippen LogP contribution is -2.39. The van der Waals surface area contributed by atoms with Gasteiger partial charge in [0.25, 0.3) is 12.0 Å². The number of ether oxygens (including phenoxy) is 1. The molecule has 0 aliphatic carbocycles. The van der Waals surface area contributed by atoms with E-state index in [0.717, 1.165) is 5.39 Å². The number of nitrogen functional groups attached to an aromatic ring is 1. The fraction of sp³-hybridized carbons (Fsp3) is 0.0588. The van der Waals surface area contributed by atoms with Crippen molar-refractivity contribution >= 4 is 34.2 Å². The summed E-state index contributed by atoms with van der Waals surface area (Å²) in [6.07, 6.45) is -0.293. The molecule has 0 radical (unpaired) electrons. The van der Waals surface area contributed by atoms with Crippen LogP contribution in [0, 0.1) is 0 Å². The van der Waals surface area contributed by atoms with E-state index in [1.165, 1.54) is 12.3 Å². The minimum absolute atomic E-state index is 0.168. The van der Waals surface area contributed by atoms with Crippen molar-refractivity contribution < 1.29 is 23.8 Å². The third-order valence-corrected chi connectivity index (χ3v) is 3.37. The molecular formula is C17H14N2O5. The Kier molecular flexibility index (Phi) is 4.07. The lowest BCUT2D eigenvalue weighted by molar-refractivity contribution is -0.149. The zero-order valence-corrected chi connectivity index (χ0v) is 12.4.